The van der Waals surface area contributed by atoms with Gasteiger partial charge in [-0.25, -0.2) is 4.98 Å². The molecule has 1 amide bonds. The first-order valence-electron chi connectivity index (χ1n) is 10.3. The average Bonchev–Trinajstić information content (AvgIpc) is 2.75. The van der Waals surface area contributed by atoms with Crippen molar-refractivity contribution in [1.82, 2.24) is 19.4 Å². The molecule has 1 saturated heterocycles. The number of nitrogens with zero attached hydrogens (tertiary/aromatic N) is 4. The third-order valence-corrected chi connectivity index (χ3v) is 5.87. The molecule has 156 valence electrons. The Morgan fingerprint density at radius 1 is 1.17 bits per heavy atom. The molecule has 0 bridgehead atoms. The van der Waals surface area contributed by atoms with Gasteiger partial charge in [-0.3, -0.25) is 19.1 Å². The minimum atomic E-state index is -1.02. The first kappa shape index (κ1) is 20.2. The van der Waals surface area contributed by atoms with E-state index in [1.165, 1.54) is 10.9 Å². The fourth-order valence-corrected chi connectivity index (χ4v) is 3.99. The van der Waals surface area contributed by atoms with E-state index < -0.39 is 5.60 Å². The number of benzene rings is 1. The lowest BCUT2D eigenvalue weighted by atomic mass is 9.91. The highest BCUT2D eigenvalue weighted by Crippen LogP contribution is 2.24. The molecule has 30 heavy (non-hydrogen) atoms. The summed E-state index contributed by atoms with van der Waals surface area (Å²) in [5, 5.41) is 11.6. The van der Waals surface area contributed by atoms with Crippen LogP contribution in [-0.2, 0) is 17.8 Å². The summed E-state index contributed by atoms with van der Waals surface area (Å²) in [4.78, 5) is 35.5. The van der Waals surface area contributed by atoms with Gasteiger partial charge in [0.05, 0.1) is 29.4 Å². The maximum atomic E-state index is 12.8. The number of aromatic nitrogens is 3. The van der Waals surface area contributed by atoms with Crippen LogP contribution in [0.5, 0.6) is 0 Å². The van der Waals surface area contributed by atoms with Gasteiger partial charge >= 0.3 is 0 Å². The number of aliphatic hydroxyl groups is 1. The SMILES string of the molecule is Cc1ccc2c(=O)n(CC3(O)CCN(C(=O)CCc4ccncc4)CC3)cnc2c1. The molecule has 1 fully saturated rings. The smallest absolute Gasteiger partial charge is 0.261 e. The number of rotatable bonds is 5. The predicted octanol–water partition coefficient (Wildman–Crippen LogP) is 2.09. The van der Waals surface area contributed by atoms with Gasteiger partial charge in [-0.05, 0) is 61.6 Å². The highest BCUT2D eigenvalue weighted by molar-refractivity contribution is 5.78. The highest BCUT2D eigenvalue weighted by atomic mass is 16.3. The molecule has 7 heteroatoms. The Morgan fingerprint density at radius 3 is 2.63 bits per heavy atom. The molecule has 0 unspecified atom stereocenters. The average molecular weight is 406 g/mol. The molecule has 1 N–H and O–H groups in total. The molecule has 2 aromatic heterocycles. The number of carbonyl (C=O) groups excluding carboxylic acids is 1. The molecule has 3 aromatic rings. The van der Waals surface area contributed by atoms with Crippen molar-refractivity contribution in [2.45, 2.75) is 44.8 Å². The summed E-state index contributed by atoms with van der Waals surface area (Å²) in [5.74, 6) is 0.0915. The number of pyridine rings is 1. The van der Waals surface area contributed by atoms with E-state index in [1.54, 1.807) is 23.4 Å². The Balaban J connectivity index is 1.37. The second kappa shape index (κ2) is 8.36. The van der Waals surface area contributed by atoms with Crippen LogP contribution >= 0.6 is 0 Å². The number of likely N-dealkylation sites (tertiary alicyclic amines) is 1. The van der Waals surface area contributed by atoms with Gasteiger partial charge in [0.25, 0.3) is 5.56 Å². The summed E-state index contributed by atoms with van der Waals surface area (Å²) in [6.45, 7) is 3.12. The van der Waals surface area contributed by atoms with E-state index in [2.05, 4.69) is 9.97 Å². The second-order valence-electron chi connectivity index (χ2n) is 8.16. The van der Waals surface area contributed by atoms with Crippen LogP contribution in [0.2, 0.25) is 0 Å². The normalized spacial score (nSPS) is 16.0. The van der Waals surface area contributed by atoms with Crippen LogP contribution in [0.3, 0.4) is 0 Å². The molecule has 4 rings (SSSR count). The number of carbonyl (C=O) groups is 1. The standard InChI is InChI=1S/C23H26N4O3/c1-17-2-4-19-20(14-17)25-16-27(22(19)29)15-23(30)8-12-26(13-9-23)21(28)5-3-18-6-10-24-11-7-18/h2,4,6-7,10-11,14,16,30H,3,5,8-9,12-13,15H2,1H3. The Labute approximate surface area is 175 Å². The van der Waals surface area contributed by atoms with E-state index >= 15 is 0 Å². The molecular formula is C23H26N4O3. The molecule has 0 atom stereocenters. The van der Waals surface area contributed by atoms with Crippen molar-refractivity contribution in [3.05, 3.63) is 70.5 Å². The quantitative estimate of drug-likeness (QED) is 0.701. The van der Waals surface area contributed by atoms with Gasteiger partial charge in [-0.1, -0.05) is 6.07 Å². The molecule has 0 spiro atoms. The Hall–Kier alpha value is -3.06. The van der Waals surface area contributed by atoms with Crippen LogP contribution in [-0.4, -0.2) is 49.1 Å². The van der Waals surface area contributed by atoms with Gasteiger partial charge in [0.1, 0.15) is 0 Å². The summed E-state index contributed by atoms with van der Waals surface area (Å²) in [7, 11) is 0. The number of piperidine rings is 1. The lowest BCUT2D eigenvalue weighted by molar-refractivity contribution is -0.135. The van der Waals surface area contributed by atoms with Crippen molar-refractivity contribution >= 4 is 16.8 Å². The van der Waals surface area contributed by atoms with Gasteiger partial charge < -0.3 is 10.0 Å². The van der Waals surface area contributed by atoms with E-state index in [4.69, 9.17) is 0 Å². The first-order valence-corrected chi connectivity index (χ1v) is 10.3. The lowest BCUT2D eigenvalue weighted by Crippen LogP contribution is -2.49. The monoisotopic (exact) mass is 406 g/mol. The summed E-state index contributed by atoms with van der Waals surface area (Å²) in [6, 6.07) is 9.38. The third-order valence-electron chi connectivity index (χ3n) is 5.87. The molecule has 0 radical (unpaired) electrons. The van der Waals surface area contributed by atoms with Gasteiger partial charge in [0.2, 0.25) is 5.91 Å². The number of aryl methyl sites for hydroxylation is 2. The van der Waals surface area contributed by atoms with Gasteiger partial charge in [-0.15, -0.1) is 0 Å². The van der Waals surface area contributed by atoms with Crippen LogP contribution in [0.25, 0.3) is 10.9 Å². The molecule has 0 aliphatic carbocycles. The number of hydrogen-bond acceptors (Lipinski definition) is 5. The fourth-order valence-electron chi connectivity index (χ4n) is 3.99. The van der Waals surface area contributed by atoms with Crippen molar-refractivity contribution in [1.29, 1.82) is 0 Å². The second-order valence-corrected chi connectivity index (χ2v) is 8.16. The van der Waals surface area contributed by atoms with Crippen molar-refractivity contribution in [3.63, 3.8) is 0 Å². The minimum absolute atomic E-state index is 0.0915. The number of hydrogen-bond donors (Lipinski definition) is 1. The van der Waals surface area contributed by atoms with Gasteiger partial charge in [0, 0.05) is 31.9 Å². The van der Waals surface area contributed by atoms with Gasteiger partial charge in [-0.2, -0.15) is 0 Å². The van der Waals surface area contributed by atoms with E-state index in [1.807, 2.05) is 31.2 Å². The number of fused-ring (bicyclic) bond motifs is 1. The van der Waals surface area contributed by atoms with Gasteiger partial charge in [0.15, 0.2) is 0 Å². The van der Waals surface area contributed by atoms with E-state index in [9.17, 15) is 14.7 Å². The zero-order valence-corrected chi connectivity index (χ0v) is 17.1. The van der Waals surface area contributed by atoms with Crippen molar-refractivity contribution in [2.75, 3.05) is 13.1 Å². The predicted molar refractivity (Wildman–Crippen MR) is 114 cm³/mol. The Bertz CT molecular complexity index is 1100. The third kappa shape index (κ3) is 4.41. The number of amides is 1. The first-order chi connectivity index (χ1) is 14.4. The van der Waals surface area contributed by atoms with E-state index in [0.717, 1.165) is 11.1 Å². The fraction of sp³-hybridized carbons (Fsp3) is 0.391. The van der Waals surface area contributed by atoms with Crippen molar-refractivity contribution in [2.24, 2.45) is 0 Å². The van der Waals surface area contributed by atoms with Crippen LogP contribution in [0.4, 0.5) is 0 Å². The van der Waals surface area contributed by atoms with Crippen LogP contribution in [0.1, 0.15) is 30.4 Å². The minimum Gasteiger partial charge on any atom is -0.388 e. The molecule has 3 heterocycles. The van der Waals surface area contributed by atoms with Crippen molar-refractivity contribution in [3.8, 4) is 0 Å². The molecule has 1 aliphatic rings. The summed E-state index contributed by atoms with van der Waals surface area (Å²) in [6.07, 6.45) is 6.96. The zero-order valence-electron chi connectivity index (χ0n) is 17.1. The topological polar surface area (TPSA) is 88.3 Å². The van der Waals surface area contributed by atoms with Crippen LogP contribution < -0.4 is 5.56 Å². The Kier molecular flexibility index (Phi) is 5.63. The summed E-state index contributed by atoms with van der Waals surface area (Å²) in [5.41, 5.74) is 1.63. The molecule has 1 aromatic carbocycles. The van der Waals surface area contributed by atoms with E-state index in [0.29, 0.717) is 49.7 Å². The Morgan fingerprint density at radius 2 is 1.90 bits per heavy atom. The maximum Gasteiger partial charge on any atom is 0.261 e. The summed E-state index contributed by atoms with van der Waals surface area (Å²) >= 11 is 0. The zero-order chi connectivity index (χ0) is 21.1. The van der Waals surface area contributed by atoms with Crippen molar-refractivity contribution < 1.29 is 9.90 Å². The van der Waals surface area contributed by atoms with Crippen LogP contribution in [0.15, 0.2) is 53.8 Å². The van der Waals surface area contributed by atoms with Crippen LogP contribution in [0, 0.1) is 6.92 Å². The highest BCUT2D eigenvalue weighted by Gasteiger charge is 2.34. The lowest BCUT2D eigenvalue weighted by Gasteiger charge is -2.38. The van der Waals surface area contributed by atoms with E-state index in [-0.39, 0.29) is 18.0 Å². The largest absolute Gasteiger partial charge is 0.388 e. The molecular weight excluding hydrogens is 380 g/mol. The molecule has 0 saturated carbocycles. The molecule has 1 aliphatic heterocycles. The molecule has 7 nitrogen and oxygen atoms in total. The summed E-state index contributed by atoms with van der Waals surface area (Å²) < 4.78 is 1.48. The maximum absolute atomic E-state index is 12.8.